The van der Waals surface area contributed by atoms with Gasteiger partial charge in [-0.2, -0.15) is 10.4 Å². The number of carbonyl (C=O) groups excluding carboxylic acids is 1. The van der Waals surface area contributed by atoms with Crippen LogP contribution in [0.4, 0.5) is 0 Å². The molecule has 1 amide bonds. The van der Waals surface area contributed by atoms with Gasteiger partial charge in [0, 0.05) is 24.8 Å². The van der Waals surface area contributed by atoms with Crippen LogP contribution in [0.5, 0.6) is 0 Å². The van der Waals surface area contributed by atoms with Gasteiger partial charge in [0.05, 0.1) is 17.7 Å². The third kappa shape index (κ3) is 4.73. The largest absolute Gasteiger partial charge is 0.377 e. The standard InChI is InChI=1S/C27H31N5O2/c1-17(2)21-13-18(3)22(26-29-25(16-34-4)30-31-26)14-23(21)27(33)32-12-6-5-7-24(32)20-10-8-19(15-28)9-11-20/h8-11,13-14,17,24H,5-7,12,16H2,1-4H3,(H,29,30,31). The molecular formula is C27H31N5O2. The molecule has 1 aromatic heterocycles. The van der Waals surface area contributed by atoms with Gasteiger partial charge >= 0.3 is 0 Å². The number of H-pyrrole nitrogens is 1. The second kappa shape index (κ2) is 10.2. The Morgan fingerprint density at radius 3 is 2.71 bits per heavy atom. The third-order valence-electron chi connectivity index (χ3n) is 6.49. The minimum Gasteiger partial charge on any atom is -0.377 e. The summed E-state index contributed by atoms with van der Waals surface area (Å²) >= 11 is 0. The Bertz CT molecular complexity index is 1210. The average Bonchev–Trinajstić information content (AvgIpc) is 3.32. The highest BCUT2D eigenvalue weighted by atomic mass is 16.5. The first kappa shape index (κ1) is 23.7. The van der Waals surface area contributed by atoms with Crippen molar-refractivity contribution in [1.29, 1.82) is 5.26 Å². The number of nitrogens with zero attached hydrogens (tertiary/aromatic N) is 4. The second-order valence-electron chi connectivity index (χ2n) is 9.19. The van der Waals surface area contributed by atoms with Crippen molar-refractivity contribution < 1.29 is 9.53 Å². The maximum Gasteiger partial charge on any atom is 0.254 e. The van der Waals surface area contributed by atoms with E-state index in [2.05, 4.69) is 41.2 Å². The fourth-order valence-corrected chi connectivity index (χ4v) is 4.71. The van der Waals surface area contributed by atoms with Crippen molar-refractivity contribution in [2.24, 2.45) is 0 Å². The summed E-state index contributed by atoms with van der Waals surface area (Å²) in [6.07, 6.45) is 2.97. The summed E-state index contributed by atoms with van der Waals surface area (Å²) in [5.41, 5.74) is 5.31. The van der Waals surface area contributed by atoms with Crippen LogP contribution in [-0.2, 0) is 11.3 Å². The van der Waals surface area contributed by atoms with Crippen LogP contribution >= 0.6 is 0 Å². The molecule has 1 saturated heterocycles. The number of benzene rings is 2. The number of amides is 1. The zero-order valence-electron chi connectivity index (χ0n) is 20.3. The summed E-state index contributed by atoms with van der Waals surface area (Å²) in [6, 6.07) is 13.8. The zero-order valence-corrected chi connectivity index (χ0v) is 20.3. The normalized spacial score (nSPS) is 16.0. The lowest BCUT2D eigenvalue weighted by molar-refractivity contribution is 0.0610. The number of methoxy groups -OCH3 is 1. The lowest BCUT2D eigenvalue weighted by Gasteiger charge is -2.37. The minimum atomic E-state index is -0.00410. The number of carbonyl (C=O) groups is 1. The van der Waals surface area contributed by atoms with Crippen LogP contribution in [0.15, 0.2) is 36.4 Å². The highest BCUT2D eigenvalue weighted by molar-refractivity contribution is 5.97. The predicted octanol–water partition coefficient (Wildman–Crippen LogP) is 5.29. The number of hydrogen-bond acceptors (Lipinski definition) is 5. The molecule has 1 unspecified atom stereocenters. The van der Waals surface area contributed by atoms with Gasteiger partial charge in [-0.15, -0.1) is 0 Å². The summed E-state index contributed by atoms with van der Waals surface area (Å²) in [6.45, 7) is 7.32. The van der Waals surface area contributed by atoms with E-state index < -0.39 is 0 Å². The van der Waals surface area contributed by atoms with Gasteiger partial charge in [-0.3, -0.25) is 9.89 Å². The fraction of sp³-hybridized carbons (Fsp3) is 0.407. The number of ether oxygens (including phenoxy) is 1. The van der Waals surface area contributed by atoms with Gasteiger partial charge in [-0.05, 0) is 67.0 Å². The fourth-order valence-electron chi connectivity index (χ4n) is 4.71. The topological polar surface area (TPSA) is 94.9 Å². The van der Waals surface area contributed by atoms with E-state index >= 15 is 0 Å². The van der Waals surface area contributed by atoms with Crippen molar-refractivity contribution in [2.45, 2.75) is 58.6 Å². The van der Waals surface area contributed by atoms with Gasteiger partial charge in [0.2, 0.25) is 0 Å². The SMILES string of the molecule is COCc1nc(-c2cc(C(=O)N3CCCCC3c3ccc(C#N)cc3)c(C(C)C)cc2C)n[nH]1. The molecule has 7 heteroatoms. The van der Waals surface area contributed by atoms with E-state index in [0.29, 0.717) is 35.9 Å². The third-order valence-corrected chi connectivity index (χ3v) is 6.49. The summed E-state index contributed by atoms with van der Waals surface area (Å²) in [4.78, 5) is 20.6. The Hall–Kier alpha value is -3.50. The van der Waals surface area contributed by atoms with Gasteiger partial charge in [-0.1, -0.05) is 32.0 Å². The molecule has 1 aliphatic rings. The van der Waals surface area contributed by atoms with Crippen LogP contribution in [0.3, 0.4) is 0 Å². The molecule has 1 aliphatic heterocycles. The highest BCUT2D eigenvalue weighted by Crippen LogP contribution is 2.35. The number of rotatable bonds is 6. The molecule has 4 rings (SSSR count). The number of aromatic nitrogens is 3. The van der Waals surface area contributed by atoms with E-state index in [1.165, 1.54) is 0 Å². The number of nitrogens with one attached hydrogen (secondary N) is 1. The number of piperidine rings is 1. The van der Waals surface area contributed by atoms with Crippen LogP contribution in [0.2, 0.25) is 0 Å². The molecule has 2 heterocycles. The first-order chi connectivity index (χ1) is 16.4. The molecule has 0 bridgehead atoms. The molecule has 3 aromatic rings. The molecule has 1 N–H and O–H groups in total. The van der Waals surface area contributed by atoms with E-state index in [4.69, 9.17) is 10.00 Å². The van der Waals surface area contributed by atoms with Crippen LogP contribution < -0.4 is 0 Å². The summed E-state index contributed by atoms with van der Waals surface area (Å²) in [7, 11) is 1.62. The monoisotopic (exact) mass is 457 g/mol. The molecule has 0 radical (unpaired) electrons. The lowest BCUT2D eigenvalue weighted by atomic mass is 9.89. The van der Waals surface area contributed by atoms with Crippen molar-refractivity contribution in [3.8, 4) is 17.5 Å². The molecule has 0 saturated carbocycles. The van der Waals surface area contributed by atoms with Crippen LogP contribution in [0.25, 0.3) is 11.4 Å². The molecule has 7 nitrogen and oxygen atoms in total. The van der Waals surface area contributed by atoms with Crippen molar-refractivity contribution in [3.63, 3.8) is 0 Å². The summed E-state index contributed by atoms with van der Waals surface area (Å²) in [5.74, 6) is 1.44. The van der Waals surface area contributed by atoms with Gasteiger partial charge < -0.3 is 9.64 Å². The molecule has 176 valence electrons. The summed E-state index contributed by atoms with van der Waals surface area (Å²) in [5, 5.41) is 16.4. The number of hydrogen-bond donors (Lipinski definition) is 1. The number of aromatic amines is 1. The van der Waals surface area contributed by atoms with E-state index in [1.807, 2.05) is 42.2 Å². The number of aryl methyl sites for hydroxylation is 1. The molecule has 0 aliphatic carbocycles. The van der Waals surface area contributed by atoms with Crippen LogP contribution in [0, 0.1) is 18.3 Å². The molecule has 34 heavy (non-hydrogen) atoms. The maximum absolute atomic E-state index is 14.0. The average molecular weight is 458 g/mol. The Kier molecular flexibility index (Phi) is 7.09. The van der Waals surface area contributed by atoms with Gasteiger partial charge in [0.1, 0.15) is 6.61 Å². The predicted molar refractivity (Wildman–Crippen MR) is 130 cm³/mol. The van der Waals surface area contributed by atoms with Crippen molar-refractivity contribution >= 4 is 5.91 Å². The van der Waals surface area contributed by atoms with Gasteiger partial charge in [0.25, 0.3) is 5.91 Å². The first-order valence-electron chi connectivity index (χ1n) is 11.8. The van der Waals surface area contributed by atoms with Crippen LogP contribution in [-0.4, -0.2) is 39.6 Å². The second-order valence-corrected chi connectivity index (χ2v) is 9.19. The molecule has 0 spiro atoms. The summed E-state index contributed by atoms with van der Waals surface area (Å²) < 4.78 is 5.16. The molecule has 1 fully saturated rings. The zero-order chi connectivity index (χ0) is 24.2. The first-order valence-corrected chi connectivity index (χ1v) is 11.8. The van der Waals surface area contributed by atoms with Crippen molar-refractivity contribution in [1.82, 2.24) is 20.1 Å². The Labute approximate surface area is 200 Å². The van der Waals surface area contributed by atoms with E-state index in [0.717, 1.165) is 41.5 Å². The van der Waals surface area contributed by atoms with Crippen LogP contribution in [0.1, 0.15) is 83.5 Å². The quantitative estimate of drug-likeness (QED) is 0.543. The Balaban J connectivity index is 1.74. The van der Waals surface area contributed by atoms with Gasteiger partial charge in [-0.25, -0.2) is 4.98 Å². The molecular weight excluding hydrogens is 426 g/mol. The van der Waals surface area contributed by atoms with E-state index in [9.17, 15) is 4.79 Å². The highest BCUT2D eigenvalue weighted by Gasteiger charge is 2.31. The number of nitriles is 1. The lowest BCUT2D eigenvalue weighted by Crippen LogP contribution is -2.39. The smallest absolute Gasteiger partial charge is 0.254 e. The van der Waals surface area contributed by atoms with E-state index in [-0.39, 0.29) is 17.9 Å². The van der Waals surface area contributed by atoms with Crippen molar-refractivity contribution in [2.75, 3.05) is 13.7 Å². The van der Waals surface area contributed by atoms with E-state index in [1.54, 1.807) is 7.11 Å². The molecule has 2 aromatic carbocycles. The number of likely N-dealkylation sites (tertiary alicyclic amines) is 1. The van der Waals surface area contributed by atoms with Gasteiger partial charge in [0.15, 0.2) is 11.6 Å². The maximum atomic E-state index is 14.0. The Morgan fingerprint density at radius 2 is 2.03 bits per heavy atom. The minimum absolute atomic E-state index is 0.00410. The molecule has 1 atom stereocenters. The van der Waals surface area contributed by atoms with Crippen molar-refractivity contribution in [3.05, 3.63) is 70.0 Å². The Morgan fingerprint density at radius 1 is 1.26 bits per heavy atom.